The normalized spacial score (nSPS) is 19.6. The molecule has 2 heterocycles. The second-order valence-electron chi connectivity index (χ2n) is 5.66. The number of nitrogens with zero attached hydrogens (tertiary/aromatic N) is 2. The number of piperidine rings is 1. The highest BCUT2D eigenvalue weighted by atomic mass is 16.2. The lowest BCUT2D eigenvalue weighted by atomic mass is 10.1. The highest BCUT2D eigenvalue weighted by Gasteiger charge is 2.25. The molecule has 2 aliphatic heterocycles. The molecule has 0 atom stereocenters. The first-order chi connectivity index (χ1) is 10.5. The first-order valence-electron chi connectivity index (χ1n) is 7.44. The standard InChI is InChI=1S/C15H22N4O3/c1-11(2)16-15(22)17-12-5-7-18(8-6-12)9-10-19-13(20)3-4-14(19)21/h3-4,12H,1,5-10H2,2H3,(H2,16,17,22). The summed E-state index contributed by atoms with van der Waals surface area (Å²) in [6, 6.07) is -0.0717. The Morgan fingerprint density at radius 3 is 2.36 bits per heavy atom. The SMILES string of the molecule is C=C(C)NC(=O)NC1CCN(CCN2C(=O)C=CC2=O)CC1. The summed E-state index contributed by atoms with van der Waals surface area (Å²) in [5, 5.41) is 5.54. The van der Waals surface area contributed by atoms with E-state index in [1.807, 2.05) is 0 Å². The van der Waals surface area contributed by atoms with Gasteiger partial charge in [-0.05, 0) is 19.8 Å². The van der Waals surface area contributed by atoms with Gasteiger partial charge in [0, 0.05) is 50.1 Å². The molecule has 1 saturated heterocycles. The molecular formula is C15H22N4O3. The zero-order valence-corrected chi connectivity index (χ0v) is 12.8. The highest BCUT2D eigenvalue weighted by molar-refractivity contribution is 6.12. The van der Waals surface area contributed by atoms with Gasteiger partial charge in [-0.3, -0.25) is 14.5 Å². The Morgan fingerprint density at radius 2 is 1.82 bits per heavy atom. The van der Waals surface area contributed by atoms with Crippen LogP contribution in [0.3, 0.4) is 0 Å². The molecule has 0 aromatic rings. The fourth-order valence-corrected chi connectivity index (χ4v) is 2.61. The van der Waals surface area contributed by atoms with E-state index >= 15 is 0 Å². The van der Waals surface area contributed by atoms with Crippen LogP contribution in [0.5, 0.6) is 0 Å². The van der Waals surface area contributed by atoms with Gasteiger partial charge in [-0.2, -0.15) is 0 Å². The Labute approximate surface area is 130 Å². The van der Waals surface area contributed by atoms with E-state index in [0.29, 0.717) is 18.8 Å². The lowest BCUT2D eigenvalue weighted by molar-refractivity contribution is -0.137. The smallest absolute Gasteiger partial charge is 0.319 e. The van der Waals surface area contributed by atoms with Crippen molar-refractivity contribution < 1.29 is 14.4 Å². The van der Waals surface area contributed by atoms with E-state index in [4.69, 9.17) is 0 Å². The molecule has 120 valence electrons. The molecule has 0 aromatic carbocycles. The lowest BCUT2D eigenvalue weighted by Gasteiger charge is -2.33. The van der Waals surface area contributed by atoms with Gasteiger partial charge < -0.3 is 15.5 Å². The van der Waals surface area contributed by atoms with E-state index in [9.17, 15) is 14.4 Å². The second kappa shape index (κ2) is 7.22. The summed E-state index contributed by atoms with van der Waals surface area (Å²) in [5.41, 5.74) is 0.614. The van der Waals surface area contributed by atoms with Crippen molar-refractivity contribution >= 4 is 17.8 Å². The summed E-state index contributed by atoms with van der Waals surface area (Å²) in [6.45, 7) is 8.12. The summed E-state index contributed by atoms with van der Waals surface area (Å²) in [7, 11) is 0. The molecule has 22 heavy (non-hydrogen) atoms. The van der Waals surface area contributed by atoms with Gasteiger partial charge in [-0.1, -0.05) is 6.58 Å². The van der Waals surface area contributed by atoms with Gasteiger partial charge in [0.2, 0.25) is 0 Å². The number of nitrogens with one attached hydrogen (secondary N) is 2. The van der Waals surface area contributed by atoms with E-state index in [2.05, 4.69) is 22.1 Å². The van der Waals surface area contributed by atoms with Crippen LogP contribution >= 0.6 is 0 Å². The summed E-state index contributed by atoms with van der Waals surface area (Å²) >= 11 is 0. The molecular weight excluding hydrogens is 284 g/mol. The van der Waals surface area contributed by atoms with Crippen LogP contribution in [0.2, 0.25) is 0 Å². The molecule has 0 aromatic heterocycles. The zero-order valence-electron chi connectivity index (χ0n) is 12.8. The predicted molar refractivity (Wildman–Crippen MR) is 81.8 cm³/mol. The summed E-state index contributed by atoms with van der Waals surface area (Å²) in [4.78, 5) is 38.0. The summed E-state index contributed by atoms with van der Waals surface area (Å²) < 4.78 is 0. The Balaban J connectivity index is 1.67. The molecule has 7 nitrogen and oxygen atoms in total. The fourth-order valence-electron chi connectivity index (χ4n) is 2.61. The molecule has 2 aliphatic rings. The van der Waals surface area contributed by atoms with Crippen molar-refractivity contribution in [3.63, 3.8) is 0 Å². The number of allylic oxidation sites excluding steroid dienone is 1. The molecule has 0 unspecified atom stereocenters. The van der Waals surface area contributed by atoms with Crippen LogP contribution in [0.4, 0.5) is 4.79 Å². The van der Waals surface area contributed by atoms with Crippen molar-refractivity contribution in [2.24, 2.45) is 0 Å². The lowest BCUT2D eigenvalue weighted by Crippen LogP contribution is -2.49. The molecule has 0 bridgehead atoms. The van der Waals surface area contributed by atoms with Crippen LogP contribution in [-0.2, 0) is 9.59 Å². The third kappa shape index (κ3) is 4.42. The van der Waals surface area contributed by atoms with Crippen molar-refractivity contribution in [2.75, 3.05) is 26.2 Å². The average Bonchev–Trinajstić information content (AvgIpc) is 2.76. The molecule has 4 amide bonds. The van der Waals surface area contributed by atoms with Crippen molar-refractivity contribution in [3.05, 3.63) is 24.4 Å². The van der Waals surface area contributed by atoms with E-state index in [0.717, 1.165) is 25.9 Å². The van der Waals surface area contributed by atoms with Gasteiger partial charge in [0.25, 0.3) is 11.8 Å². The molecule has 0 saturated carbocycles. The van der Waals surface area contributed by atoms with Crippen LogP contribution in [0, 0.1) is 0 Å². The van der Waals surface area contributed by atoms with Crippen LogP contribution < -0.4 is 10.6 Å². The monoisotopic (exact) mass is 306 g/mol. The van der Waals surface area contributed by atoms with Crippen LogP contribution in [-0.4, -0.2) is 59.9 Å². The average molecular weight is 306 g/mol. The predicted octanol–water partition coefficient (Wildman–Crippen LogP) is 0.209. The minimum atomic E-state index is -0.238. The van der Waals surface area contributed by atoms with Gasteiger partial charge in [-0.15, -0.1) is 0 Å². The van der Waals surface area contributed by atoms with Gasteiger partial charge in [0.15, 0.2) is 0 Å². The number of urea groups is 1. The van der Waals surface area contributed by atoms with Crippen LogP contribution in [0.1, 0.15) is 19.8 Å². The van der Waals surface area contributed by atoms with Crippen LogP contribution in [0.25, 0.3) is 0 Å². The van der Waals surface area contributed by atoms with E-state index in [1.165, 1.54) is 17.1 Å². The van der Waals surface area contributed by atoms with Crippen molar-refractivity contribution in [3.8, 4) is 0 Å². The Hall–Kier alpha value is -2.15. The third-order valence-electron chi connectivity index (χ3n) is 3.79. The minimum absolute atomic E-state index is 0.146. The van der Waals surface area contributed by atoms with E-state index < -0.39 is 0 Å². The highest BCUT2D eigenvalue weighted by Crippen LogP contribution is 2.11. The number of hydrogen-bond acceptors (Lipinski definition) is 4. The Kier molecular flexibility index (Phi) is 5.32. The molecule has 7 heteroatoms. The van der Waals surface area contributed by atoms with Gasteiger partial charge in [0.05, 0.1) is 0 Å². The largest absolute Gasteiger partial charge is 0.335 e. The Morgan fingerprint density at radius 1 is 1.23 bits per heavy atom. The number of carbonyl (C=O) groups excluding carboxylic acids is 3. The summed E-state index contributed by atoms with van der Waals surface area (Å²) in [5.74, 6) is -0.476. The molecule has 0 spiro atoms. The third-order valence-corrected chi connectivity index (χ3v) is 3.79. The van der Waals surface area contributed by atoms with Crippen molar-refractivity contribution in [2.45, 2.75) is 25.8 Å². The molecule has 0 aliphatic carbocycles. The number of hydrogen-bond donors (Lipinski definition) is 2. The minimum Gasteiger partial charge on any atom is -0.335 e. The van der Waals surface area contributed by atoms with Gasteiger partial charge >= 0.3 is 6.03 Å². The molecule has 0 radical (unpaired) electrons. The van der Waals surface area contributed by atoms with Gasteiger partial charge in [0.1, 0.15) is 0 Å². The van der Waals surface area contributed by atoms with E-state index in [1.54, 1.807) is 6.92 Å². The molecule has 1 fully saturated rings. The zero-order chi connectivity index (χ0) is 16.1. The maximum absolute atomic E-state index is 11.6. The molecule has 2 rings (SSSR count). The first-order valence-corrected chi connectivity index (χ1v) is 7.44. The second-order valence-corrected chi connectivity index (χ2v) is 5.66. The number of amides is 4. The van der Waals surface area contributed by atoms with E-state index in [-0.39, 0.29) is 23.9 Å². The summed E-state index contributed by atoms with van der Waals surface area (Å²) in [6.07, 6.45) is 4.31. The number of carbonyl (C=O) groups is 3. The maximum Gasteiger partial charge on any atom is 0.319 e. The fraction of sp³-hybridized carbons (Fsp3) is 0.533. The quantitative estimate of drug-likeness (QED) is 0.711. The van der Waals surface area contributed by atoms with Crippen LogP contribution in [0.15, 0.2) is 24.4 Å². The number of imide groups is 1. The van der Waals surface area contributed by atoms with Gasteiger partial charge in [-0.25, -0.2) is 4.79 Å². The number of rotatable bonds is 5. The van der Waals surface area contributed by atoms with Crippen molar-refractivity contribution in [1.29, 1.82) is 0 Å². The van der Waals surface area contributed by atoms with Crippen molar-refractivity contribution in [1.82, 2.24) is 20.4 Å². The maximum atomic E-state index is 11.6. The first kappa shape index (κ1) is 16.2. The number of likely N-dealkylation sites (tertiary alicyclic amines) is 1. The topological polar surface area (TPSA) is 81.8 Å². The Bertz CT molecular complexity index is 489. The molecule has 2 N–H and O–H groups in total.